The summed E-state index contributed by atoms with van der Waals surface area (Å²) in [6, 6.07) is 0.801. The molecule has 6 nitrogen and oxygen atoms in total. The van der Waals surface area contributed by atoms with E-state index in [4.69, 9.17) is 13.6 Å². The molecule has 0 bridgehead atoms. The lowest BCUT2D eigenvalue weighted by Gasteiger charge is -2.29. The fourth-order valence-electron chi connectivity index (χ4n) is 3.20. The Morgan fingerprint density at radius 1 is 0.833 bits per heavy atom. The van der Waals surface area contributed by atoms with Crippen molar-refractivity contribution in [2.75, 3.05) is 39.5 Å². The van der Waals surface area contributed by atoms with Gasteiger partial charge in [0.05, 0.1) is 26.0 Å². The molecule has 0 aliphatic carbocycles. The molecule has 2 atom stereocenters. The predicted octanol–water partition coefficient (Wildman–Crippen LogP) is 4.36. The molecular formula is C17H39N2O4P. The molecular weight excluding hydrogens is 327 g/mol. The lowest BCUT2D eigenvalue weighted by molar-refractivity contribution is 0.125. The first-order chi connectivity index (χ1) is 11.5. The fourth-order valence-corrected chi connectivity index (χ4v) is 4.37. The molecule has 1 rings (SSSR count). The van der Waals surface area contributed by atoms with Gasteiger partial charge in [-0.25, -0.2) is 4.57 Å². The third-order valence-corrected chi connectivity index (χ3v) is 5.91. The van der Waals surface area contributed by atoms with Crippen molar-refractivity contribution in [3.8, 4) is 0 Å². The highest BCUT2D eigenvalue weighted by molar-refractivity contribution is 7.48. The Bertz CT molecular complexity index is 318. The Balaban J connectivity index is 0.000000449. The topological polar surface area (TPSA) is 51.2 Å². The van der Waals surface area contributed by atoms with Crippen molar-refractivity contribution < 1.29 is 18.1 Å². The first-order valence-electron chi connectivity index (χ1n) is 9.49. The molecule has 146 valence electrons. The highest BCUT2D eigenvalue weighted by atomic mass is 31.2. The van der Waals surface area contributed by atoms with Gasteiger partial charge >= 0.3 is 7.82 Å². The van der Waals surface area contributed by atoms with E-state index in [1.807, 2.05) is 0 Å². The van der Waals surface area contributed by atoms with Gasteiger partial charge in [0.1, 0.15) is 0 Å². The molecule has 1 aliphatic heterocycles. The summed E-state index contributed by atoms with van der Waals surface area (Å²) in [5.74, 6) is 0. The van der Waals surface area contributed by atoms with Crippen LogP contribution in [0.5, 0.6) is 0 Å². The molecule has 0 aromatic carbocycles. The second kappa shape index (κ2) is 13.3. The summed E-state index contributed by atoms with van der Waals surface area (Å²) < 4.78 is 25.8. The van der Waals surface area contributed by atoms with Crippen LogP contribution >= 0.6 is 7.82 Å². The standard InChI is InChI=1S/C11H24N2.C6H15O4P/c1-5-10-9-12(7-3)11(6-2)13(10)8-4;1-4-8-11(7,9-5-2)10-6-3/h10-11H,5-9H2,1-4H3;4-6H2,1-3H3. The number of phosphoric acid groups is 1. The van der Waals surface area contributed by atoms with Crippen LogP contribution in [0.2, 0.25) is 0 Å². The van der Waals surface area contributed by atoms with Gasteiger partial charge in [-0.1, -0.05) is 27.7 Å². The maximum absolute atomic E-state index is 11.3. The lowest BCUT2D eigenvalue weighted by Crippen LogP contribution is -2.39. The highest BCUT2D eigenvalue weighted by Gasteiger charge is 2.34. The summed E-state index contributed by atoms with van der Waals surface area (Å²) in [7, 11) is -3.22. The van der Waals surface area contributed by atoms with Gasteiger partial charge in [-0.2, -0.15) is 0 Å². The molecule has 7 heteroatoms. The SMILES string of the molecule is CCC1CN(CC)C(CC)N1CC.CCOP(=O)(OCC)OCC. The number of rotatable bonds is 10. The van der Waals surface area contributed by atoms with Gasteiger partial charge in [-0.05, 0) is 46.7 Å². The fraction of sp³-hybridized carbons (Fsp3) is 1.00. The number of likely N-dealkylation sites (N-methyl/N-ethyl adjacent to an activating group) is 2. The van der Waals surface area contributed by atoms with Crippen LogP contribution in [-0.4, -0.2) is 61.5 Å². The van der Waals surface area contributed by atoms with E-state index in [0.29, 0.717) is 26.0 Å². The molecule has 24 heavy (non-hydrogen) atoms. The highest BCUT2D eigenvalue weighted by Crippen LogP contribution is 2.48. The van der Waals surface area contributed by atoms with Gasteiger partial charge in [0, 0.05) is 12.6 Å². The largest absolute Gasteiger partial charge is 0.474 e. The Hall–Kier alpha value is 0.0300. The maximum atomic E-state index is 11.3. The predicted molar refractivity (Wildman–Crippen MR) is 100 cm³/mol. The molecule has 0 saturated carbocycles. The van der Waals surface area contributed by atoms with Crippen LogP contribution in [0.4, 0.5) is 0 Å². The summed E-state index contributed by atoms with van der Waals surface area (Å²) >= 11 is 0. The number of hydrogen-bond acceptors (Lipinski definition) is 6. The van der Waals surface area contributed by atoms with E-state index in [9.17, 15) is 4.57 Å². The van der Waals surface area contributed by atoms with Crippen LogP contribution in [0.25, 0.3) is 0 Å². The van der Waals surface area contributed by atoms with Crippen molar-refractivity contribution in [1.29, 1.82) is 0 Å². The Kier molecular flexibility index (Phi) is 13.3. The summed E-state index contributed by atoms with van der Waals surface area (Å²) in [6.45, 7) is 19.1. The Labute approximate surface area is 149 Å². The zero-order valence-electron chi connectivity index (χ0n) is 16.8. The van der Waals surface area contributed by atoms with Crippen LogP contribution in [0, 0.1) is 0 Å². The molecule has 1 fully saturated rings. The number of nitrogens with zero attached hydrogens (tertiary/aromatic N) is 2. The zero-order chi connectivity index (χ0) is 18.6. The van der Waals surface area contributed by atoms with Gasteiger partial charge in [-0.3, -0.25) is 23.4 Å². The van der Waals surface area contributed by atoms with Gasteiger partial charge in [0.2, 0.25) is 0 Å². The minimum Gasteiger partial charge on any atom is -0.287 e. The first-order valence-corrected chi connectivity index (χ1v) is 11.0. The average molecular weight is 366 g/mol. The monoisotopic (exact) mass is 366 g/mol. The quantitative estimate of drug-likeness (QED) is 0.535. The first kappa shape index (κ1) is 24.0. The number of hydrogen-bond donors (Lipinski definition) is 0. The van der Waals surface area contributed by atoms with E-state index < -0.39 is 7.82 Å². The van der Waals surface area contributed by atoms with E-state index in [2.05, 4.69) is 37.5 Å². The molecule has 0 N–H and O–H groups in total. The summed E-state index contributed by atoms with van der Waals surface area (Å²) in [5, 5.41) is 0. The normalized spacial score (nSPS) is 22.5. The van der Waals surface area contributed by atoms with Gasteiger partial charge in [0.25, 0.3) is 0 Å². The summed E-state index contributed by atoms with van der Waals surface area (Å²) in [4.78, 5) is 5.27. The Morgan fingerprint density at radius 2 is 1.33 bits per heavy atom. The molecule has 0 spiro atoms. The van der Waals surface area contributed by atoms with Crippen LogP contribution in [0.15, 0.2) is 0 Å². The van der Waals surface area contributed by atoms with Gasteiger partial charge < -0.3 is 0 Å². The van der Waals surface area contributed by atoms with Gasteiger partial charge in [-0.15, -0.1) is 0 Å². The minimum absolute atomic E-state index is 0.331. The molecule has 1 saturated heterocycles. The lowest BCUT2D eigenvalue weighted by atomic mass is 10.2. The van der Waals surface area contributed by atoms with Crippen LogP contribution in [0.1, 0.15) is 61.3 Å². The number of phosphoric ester groups is 1. The third kappa shape index (κ3) is 7.51. The second-order valence-corrected chi connectivity index (χ2v) is 7.24. The molecule has 1 aliphatic rings. The average Bonchev–Trinajstić information content (AvgIpc) is 2.92. The van der Waals surface area contributed by atoms with Crippen LogP contribution in [0.3, 0.4) is 0 Å². The zero-order valence-corrected chi connectivity index (χ0v) is 17.7. The van der Waals surface area contributed by atoms with Crippen LogP contribution < -0.4 is 0 Å². The van der Waals surface area contributed by atoms with Crippen molar-refractivity contribution in [2.45, 2.75) is 73.5 Å². The second-order valence-electron chi connectivity index (χ2n) is 5.57. The van der Waals surface area contributed by atoms with Crippen molar-refractivity contribution >= 4 is 7.82 Å². The van der Waals surface area contributed by atoms with Crippen LogP contribution in [-0.2, 0) is 18.1 Å². The maximum Gasteiger partial charge on any atom is 0.474 e. The van der Waals surface area contributed by atoms with E-state index >= 15 is 0 Å². The van der Waals surface area contributed by atoms with Crippen molar-refractivity contribution in [3.63, 3.8) is 0 Å². The smallest absolute Gasteiger partial charge is 0.287 e. The molecule has 0 amide bonds. The molecule has 2 unspecified atom stereocenters. The third-order valence-electron chi connectivity index (χ3n) is 4.19. The van der Waals surface area contributed by atoms with E-state index in [0.717, 1.165) is 6.04 Å². The molecule has 0 aromatic rings. The molecule has 0 aromatic heterocycles. The van der Waals surface area contributed by atoms with E-state index in [1.54, 1.807) is 20.8 Å². The summed E-state index contributed by atoms with van der Waals surface area (Å²) in [5.41, 5.74) is 0. The van der Waals surface area contributed by atoms with E-state index in [-0.39, 0.29) is 0 Å². The molecule has 1 heterocycles. The van der Waals surface area contributed by atoms with Crippen molar-refractivity contribution in [3.05, 3.63) is 0 Å². The van der Waals surface area contributed by atoms with Crippen molar-refractivity contribution in [2.24, 2.45) is 0 Å². The van der Waals surface area contributed by atoms with Crippen molar-refractivity contribution in [1.82, 2.24) is 9.80 Å². The minimum atomic E-state index is -3.22. The van der Waals surface area contributed by atoms with Gasteiger partial charge in [0.15, 0.2) is 0 Å². The Morgan fingerprint density at radius 3 is 1.62 bits per heavy atom. The van der Waals surface area contributed by atoms with E-state index in [1.165, 1.54) is 32.5 Å². The summed E-state index contributed by atoms with van der Waals surface area (Å²) in [6.07, 6.45) is 3.26. The molecule has 0 radical (unpaired) electrons.